The molecule has 1 rings (SSSR count). The fourth-order valence-electron chi connectivity index (χ4n) is 1.87. The lowest BCUT2D eigenvalue weighted by Crippen LogP contribution is -2.30. The molecule has 0 aliphatic rings. The molecular weight excluding hydrogens is 294 g/mol. The second-order valence-electron chi connectivity index (χ2n) is 4.96. The number of alkyl halides is 2. The molecule has 124 valence electrons. The minimum Gasteiger partial charge on any atom is -0.491 e. The zero-order chi connectivity index (χ0) is 16.7. The van der Waals surface area contributed by atoms with Gasteiger partial charge >= 0.3 is 5.97 Å². The Morgan fingerprint density at radius 3 is 2.27 bits per heavy atom. The van der Waals surface area contributed by atoms with Crippen LogP contribution in [0.4, 0.5) is 8.78 Å². The number of carbonyl (C=O) groups is 1. The monoisotopic (exact) mass is 316 g/mol. The summed E-state index contributed by atoms with van der Waals surface area (Å²) in [5.41, 5.74) is 0.217. The highest BCUT2D eigenvalue weighted by Crippen LogP contribution is 2.29. The van der Waals surface area contributed by atoms with Crippen LogP contribution in [0.25, 0.3) is 0 Å². The van der Waals surface area contributed by atoms with Gasteiger partial charge in [0, 0.05) is 0 Å². The minimum absolute atomic E-state index is 0.0174. The standard InChI is InChI=1S/C16H22F2O4/c1-4-10(3)22-12-8-6-11(7-9-12)14(19)13(15(17)18)16(20)21-5-2/h6-10,13-15,19H,4-5H2,1-3H3. The average molecular weight is 316 g/mol. The molecule has 1 aromatic carbocycles. The van der Waals surface area contributed by atoms with Crippen LogP contribution in [0.5, 0.6) is 5.75 Å². The van der Waals surface area contributed by atoms with E-state index in [1.165, 1.54) is 19.1 Å². The maximum Gasteiger partial charge on any atom is 0.317 e. The number of esters is 1. The topological polar surface area (TPSA) is 55.8 Å². The number of rotatable bonds is 8. The van der Waals surface area contributed by atoms with Crippen molar-refractivity contribution >= 4 is 5.97 Å². The van der Waals surface area contributed by atoms with E-state index in [0.717, 1.165) is 6.42 Å². The Hall–Kier alpha value is -1.69. The zero-order valence-electron chi connectivity index (χ0n) is 13.0. The largest absolute Gasteiger partial charge is 0.491 e. The Kier molecular flexibility index (Phi) is 7.24. The molecule has 0 saturated heterocycles. The minimum atomic E-state index is -3.01. The molecule has 3 unspecified atom stereocenters. The molecule has 0 radical (unpaired) electrons. The normalized spacial score (nSPS) is 15.2. The Morgan fingerprint density at radius 1 is 1.23 bits per heavy atom. The van der Waals surface area contributed by atoms with Gasteiger partial charge in [-0.25, -0.2) is 8.78 Å². The van der Waals surface area contributed by atoms with Gasteiger partial charge in [-0.2, -0.15) is 0 Å². The first-order valence-corrected chi connectivity index (χ1v) is 7.30. The molecule has 0 aromatic heterocycles. The predicted octanol–water partition coefficient (Wildman–Crippen LogP) is 3.34. The maximum atomic E-state index is 13.0. The van der Waals surface area contributed by atoms with Crippen molar-refractivity contribution in [1.82, 2.24) is 0 Å². The van der Waals surface area contributed by atoms with Gasteiger partial charge in [0.2, 0.25) is 0 Å². The molecule has 0 amide bonds. The van der Waals surface area contributed by atoms with E-state index >= 15 is 0 Å². The third kappa shape index (κ3) is 4.94. The number of aliphatic hydroxyl groups excluding tert-OH is 1. The van der Waals surface area contributed by atoms with Crippen molar-refractivity contribution in [3.63, 3.8) is 0 Å². The quantitative estimate of drug-likeness (QED) is 0.747. The van der Waals surface area contributed by atoms with E-state index in [9.17, 15) is 18.7 Å². The van der Waals surface area contributed by atoms with E-state index in [0.29, 0.717) is 5.75 Å². The maximum absolute atomic E-state index is 13.0. The van der Waals surface area contributed by atoms with Crippen molar-refractivity contribution in [3.8, 4) is 5.75 Å². The van der Waals surface area contributed by atoms with Gasteiger partial charge in [-0.3, -0.25) is 4.79 Å². The van der Waals surface area contributed by atoms with Crippen LogP contribution in [-0.2, 0) is 9.53 Å². The molecule has 4 nitrogen and oxygen atoms in total. The smallest absolute Gasteiger partial charge is 0.317 e. The first-order chi connectivity index (χ1) is 10.4. The molecule has 0 spiro atoms. The van der Waals surface area contributed by atoms with Crippen LogP contribution in [-0.4, -0.2) is 30.2 Å². The molecule has 1 N–H and O–H groups in total. The molecule has 0 fully saturated rings. The number of hydrogen-bond donors (Lipinski definition) is 1. The first kappa shape index (κ1) is 18.4. The SMILES string of the molecule is CCOC(=O)C(C(F)F)C(O)c1ccc(OC(C)CC)cc1. The van der Waals surface area contributed by atoms with Gasteiger partial charge in [0.1, 0.15) is 11.7 Å². The van der Waals surface area contributed by atoms with Crippen molar-refractivity contribution in [3.05, 3.63) is 29.8 Å². The third-order valence-electron chi connectivity index (χ3n) is 3.30. The van der Waals surface area contributed by atoms with Gasteiger partial charge < -0.3 is 14.6 Å². The molecule has 0 saturated carbocycles. The Bertz CT molecular complexity index is 462. The van der Waals surface area contributed by atoms with Crippen molar-refractivity contribution in [2.45, 2.75) is 45.8 Å². The zero-order valence-corrected chi connectivity index (χ0v) is 13.0. The number of carbonyl (C=O) groups excluding carboxylic acids is 1. The second kappa shape index (κ2) is 8.68. The summed E-state index contributed by atoms with van der Waals surface area (Å²) in [4.78, 5) is 11.6. The Morgan fingerprint density at radius 2 is 1.82 bits per heavy atom. The molecular formula is C16H22F2O4. The van der Waals surface area contributed by atoms with Gasteiger partial charge in [0.05, 0.1) is 18.8 Å². The Labute approximate surface area is 129 Å². The summed E-state index contributed by atoms with van der Waals surface area (Å²) < 4.78 is 36.2. The first-order valence-electron chi connectivity index (χ1n) is 7.30. The highest BCUT2D eigenvalue weighted by Gasteiger charge is 2.37. The Balaban J connectivity index is 2.86. The van der Waals surface area contributed by atoms with Gasteiger partial charge in [-0.15, -0.1) is 0 Å². The van der Waals surface area contributed by atoms with Crippen LogP contribution in [0.2, 0.25) is 0 Å². The summed E-state index contributed by atoms with van der Waals surface area (Å²) in [6.45, 7) is 5.40. The van der Waals surface area contributed by atoms with Crippen molar-refractivity contribution in [2.75, 3.05) is 6.61 Å². The summed E-state index contributed by atoms with van der Waals surface area (Å²) in [5.74, 6) is -2.43. The van der Waals surface area contributed by atoms with Crippen LogP contribution in [0.1, 0.15) is 38.9 Å². The van der Waals surface area contributed by atoms with Crippen LogP contribution in [0.15, 0.2) is 24.3 Å². The van der Waals surface area contributed by atoms with Crippen molar-refractivity contribution in [2.24, 2.45) is 5.92 Å². The fraction of sp³-hybridized carbons (Fsp3) is 0.562. The molecule has 0 aliphatic carbocycles. The fourth-order valence-corrected chi connectivity index (χ4v) is 1.87. The number of hydrogen-bond acceptors (Lipinski definition) is 4. The van der Waals surface area contributed by atoms with E-state index in [4.69, 9.17) is 4.74 Å². The molecule has 0 heterocycles. The van der Waals surface area contributed by atoms with Crippen molar-refractivity contribution in [1.29, 1.82) is 0 Å². The molecule has 6 heteroatoms. The second-order valence-corrected chi connectivity index (χ2v) is 4.96. The summed E-state index contributed by atoms with van der Waals surface area (Å²) in [7, 11) is 0. The molecule has 0 aliphatic heterocycles. The lowest BCUT2D eigenvalue weighted by atomic mass is 9.96. The van der Waals surface area contributed by atoms with E-state index in [-0.39, 0.29) is 18.3 Å². The van der Waals surface area contributed by atoms with Crippen LogP contribution in [0, 0.1) is 5.92 Å². The van der Waals surface area contributed by atoms with Crippen LogP contribution in [0.3, 0.4) is 0 Å². The summed E-state index contributed by atoms with van der Waals surface area (Å²) >= 11 is 0. The highest BCUT2D eigenvalue weighted by molar-refractivity contribution is 5.74. The van der Waals surface area contributed by atoms with E-state index < -0.39 is 24.4 Å². The number of ether oxygens (including phenoxy) is 2. The number of benzene rings is 1. The predicted molar refractivity (Wildman–Crippen MR) is 77.9 cm³/mol. The summed E-state index contributed by atoms with van der Waals surface area (Å²) in [6, 6.07) is 6.10. The van der Waals surface area contributed by atoms with Crippen LogP contribution < -0.4 is 4.74 Å². The van der Waals surface area contributed by atoms with Crippen molar-refractivity contribution < 1.29 is 28.2 Å². The average Bonchev–Trinajstić information content (AvgIpc) is 2.47. The number of halogens is 2. The summed E-state index contributed by atoms with van der Waals surface area (Å²) in [5, 5.41) is 10.0. The van der Waals surface area contributed by atoms with E-state index in [2.05, 4.69) is 4.74 Å². The van der Waals surface area contributed by atoms with Gasteiger partial charge in [-0.05, 0) is 38.0 Å². The van der Waals surface area contributed by atoms with Gasteiger partial charge in [-0.1, -0.05) is 19.1 Å². The molecule has 0 bridgehead atoms. The van der Waals surface area contributed by atoms with Gasteiger partial charge in [0.25, 0.3) is 6.43 Å². The van der Waals surface area contributed by atoms with E-state index in [1.54, 1.807) is 12.1 Å². The lowest BCUT2D eigenvalue weighted by molar-refractivity contribution is -0.160. The molecule has 3 atom stereocenters. The molecule has 1 aromatic rings. The van der Waals surface area contributed by atoms with Gasteiger partial charge in [0.15, 0.2) is 0 Å². The third-order valence-corrected chi connectivity index (χ3v) is 3.30. The van der Waals surface area contributed by atoms with E-state index in [1.807, 2.05) is 13.8 Å². The lowest BCUT2D eigenvalue weighted by Gasteiger charge is -2.21. The molecule has 22 heavy (non-hydrogen) atoms. The number of aliphatic hydroxyl groups is 1. The van der Waals surface area contributed by atoms with Crippen LogP contribution >= 0.6 is 0 Å². The highest BCUT2D eigenvalue weighted by atomic mass is 19.3. The summed E-state index contributed by atoms with van der Waals surface area (Å²) in [6.07, 6.45) is -3.77.